The summed E-state index contributed by atoms with van der Waals surface area (Å²) in [5.74, 6) is -2.61. The first-order valence-electron chi connectivity index (χ1n) is 6.90. The number of nitrogens with zero attached hydrogens (tertiary/aromatic N) is 2. The molecule has 3 rings (SSSR count). The highest BCUT2D eigenvalue weighted by Gasteiger charge is 2.24. The van der Waals surface area contributed by atoms with Crippen LogP contribution in [0.25, 0.3) is 5.65 Å². The van der Waals surface area contributed by atoms with Crippen LogP contribution in [0, 0.1) is 18.6 Å². The van der Waals surface area contributed by atoms with Gasteiger partial charge in [-0.1, -0.05) is 0 Å². The molecule has 130 valence electrons. The van der Waals surface area contributed by atoms with Crippen LogP contribution in [0.5, 0.6) is 5.75 Å². The summed E-state index contributed by atoms with van der Waals surface area (Å²) in [6.45, 7) is -1.68. The third kappa shape index (κ3) is 3.23. The Morgan fingerprint density at radius 3 is 2.68 bits per heavy atom. The van der Waals surface area contributed by atoms with E-state index in [-0.39, 0.29) is 27.1 Å². The number of aromatic nitrogens is 2. The van der Waals surface area contributed by atoms with Crippen molar-refractivity contribution in [2.45, 2.75) is 13.5 Å². The normalized spacial score (nSPS) is 11.3. The highest BCUT2D eigenvalue weighted by molar-refractivity contribution is 9.10. The number of hydrogen-bond acceptors (Lipinski definition) is 3. The molecule has 9 heteroatoms. The van der Waals surface area contributed by atoms with Gasteiger partial charge in [-0.3, -0.25) is 9.20 Å². The number of benzene rings is 1. The minimum Gasteiger partial charge on any atom is -0.434 e. The lowest BCUT2D eigenvalue weighted by atomic mass is 10.1. The van der Waals surface area contributed by atoms with Gasteiger partial charge in [-0.05, 0) is 41.1 Å². The fourth-order valence-electron chi connectivity index (χ4n) is 2.44. The Kier molecular flexibility index (Phi) is 4.51. The molecular weight excluding hydrogens is 408 g/mol. The van der Waals surface area contributed by atoms with Crippen molar-refractivity contribution in [2.24, 2.45) is 0 Å². The van der Waals surface area contributed by atoms with Crippen LogP contribution in [0.3, 0.4) is 0 Å². The van der Waals surface area contributed by atoms with E-state index in [2.05, 4.69) is 25.7 Å². The third-order valence-electron chi connectivity index (χ3n) is 3.46. The Balaban J connectivity index is 2.19. The van der Waals surface area contributed by atoms with Crippen molar-refractivity contribution in [3.63, 3.8) is 0 Å². The van der Waals surface area contributed by atoms with E-state index >= 15 is 0 Å². The summed E-state index contributed by atoms with van der Waals surface area (Å²) >= 11 is 3.01. The van der Waals surface area contributed by atoms with Crippen LogP contribution >= 0.6 is 15.9 Å². The lowest BCUT2D eigenvalue weighted by molar-refractivity contribution is -0.0501. The van der Waals surface area contributed by atoms with Crippen LogP contribution in [-0.2, 0) is 0 Å². The molecule has 25 heavy (non-hydrogen) atoms. The van der Waals surface area contributed by atoms with Gasteiger partial charge in [0.25, 0.3) is 0 Å². The molecule has 0 aliphatic heterocycles. The molecule has 4 nitrogen and oxygen atoms in total. The van der Waals surface area contributed by atoms with E-state index in [9.17, 15) is 22.4 Å². The van der Waals surface area contributed by atoms with Gasteiger partial charge in [-0.15, -0.1) is 0 Å². The number of ketones is 1. The molecule has 1 aromatic carbocycles. The largest absolute Gasteiger partial charge is 0.434 e. The molecule has 0 saturated heterocycles. The minimum atomic E-state index is -3.18. The summed E-state index contributed by atoms with van der Waals surface area (Å²) in [5.41, 5.74) is -0.0184. The molecule has 0 radical (unpaired) electrons. The van der Waals surface area contributed by atoms with Crippen molar-refractivity contribution >= 4 is 27.4 Å². The number of fused-ring (bicyclic) bond motifs is 1. The van der Waals surface area contributed by atoms with Crippen molar-refractivity contribution in [1.82, 2.24) is 9.38 Å². The number of alkyl halides is 2. The van der Waals surface area contributed by atoms with E-state index in [1.807, 2.05) is 0 Å². The molecule has 0 aliphatic rings. The standard InChI is InChI=1S/C16H9BrF4N2O2/c1-7-14(23-6-10(17)11(19)5-13(23)22-7)15(24)9-4-8(18)2-3-12(9)25-16(20)21/h2-6,16H,1H3. The number of ether oxygens (including phenoxy) is 1. The Hall–Kier alpha value is -2.42. The zero-order chi connectivity index (χ0) is 18.3. The number of rotatable bonds is 4. The molecular formula is C16H9BrF4N2O2. The Morgan fingerprint density at radius 2 is 2.00 bits per heavy atom. The van der Waals surface area contributed by atoms with Gasteiger partial charge in [0.2, 0.25) is 5.78 Å². The molecule has 0 bridgehead atoms. The van der Waals surface area contributed by atoms with Gasteiger partial charge in [0, 0.05) is 12.3 Å². The maximum Gasteiger partial charge on any atom is 0.387 e. The topological polar surface area (TPSA) is 43.6 Å². The van der Waals surface area contributed by atoms with Gasteiger partial charge in [0.05, 0.1) is 15.7 Å². The monoisotopic (exact) mass is 416 g/mol. The van der Waals surface area contributed by atoms with Crippen LogP contribution in [0.15, 0.2) is 34.9 Å². The minimum absolute atomic E-state index is 0.0135. The summed E-state index contributed by atoms with van der Waals surface area (Å²) in [4.78, 5) is 16.9. The van der Waals surface area contributed by atoms with Gasteiger partial charge in [0.1, 0.15) is 28.7 Å². The fourth-order valence-corrected chi connectivity index (χ4v) is 2.76. The number of carbonyl (C=O) groups is 1. The van der Waals surface area contributed by atoms with Crippen LogP contribution in [0.1, 0.15) is 21.7 Å². The molecule has 0 saturated carbocycles. The molecule has 0 N–H and O–H groups in total. The maximum atomic E-state index is 13.6. The molecule has 0 aliphatic carbocycles. The van der Waals surface area contributed by atoms with E-state index in [0.717, 1.165) is 24.3 Å². The Bertz CT molecular complexity index is 988. The second kappa shape index (κ2) is 6.47. The number of imidazole rings is 1. The predicted octanol–water partition coefficient (Wildman–Crippen LogP) is 4.52. The zero-order valence-corrected chi connectivity index (χ0v) is 14.2. The quantitative estimate of drug-likeness (QED) is 0.464. The van der Waals surface area contributed by atoms with E-state index < -0.39 is 29.8 Å². The summed E-state index contributed by atoms with van der Waals surface area (Å²) in [6.07, 6.45) is 1.28. The van der Waals surface area contributed by atoms with Crippen LogP contribution in [0.4, 0.5) is 17.6 Å². The van der Waals surface area contributed by atoms with Crippen molar-refractivity contribution < 1.29 is 27.1 Å². The van der Waals surface area contributed by atoms with Gasteiger partial charge in [-0.2, -0.15) is 8.78 Å². The average Bonchev–Trinajstić information content (AvgIpc) is 2.83. The summed E-state index contributed by atoms with van der Waals surface area (Å²) < 4.78 is 57.9. The number of carbonyl (C=O) groups excluding carboxylic acids is 1. The highest BCUT2D eigenvalue weighted by Crippen LogP contribution is 2.27. The molecule has 2 aromatic heterocycles. The van der Waals surface area contributed by atoms with E-state index in [1.54, 1.807) is 0 Å². The summed E-state index contributed by atoms with van der Waals surface area (Å²) in [6, 6.07) is 3.76. The third-order valence-corrected chi connectivity index (χ3v) is 4.04. The first-order chi connectivity index (χ1) is 11.8. The van der Waals surface area contributed by atoms with Gasteiger partial charge in [0.15, 0.2) is 0 Å². The molecule has 3 aromatic rings. The molecule has 0 amide bonds. The Morgan fingerprint density at radius 1 is 1.28 bits per heavy atom. The van der Waals surface area contributed by atoms with Crippen molar-refractivity contribution in [3.05, 3.63) is 63.5 Å². The average molecular weight is 417 g/mol. The maximum absolute atomic E-state index is 13.6. The Labute approximate surface area is 147 Å². The number of halogens is 5. The lowest BCUT2D eigenvalue weighted by Crippen LogP contribution is -2.12. The van der Waals surface area contributed by atoms with E-state index in [1.165, 1.54) is 17.5 Å². The summed E-state index contributed by atoms with van der Waals surface area (Å²) in [7, 11) is 0. The molecule has 0 fully saturated rings. The molecule has 2 heterocycles. The van der Waals surface area contributed by atoms with Crippen LogP contribution in [0.2, 0.25) is 0 Å². The molecule has 0 unspecified atom stereocenters. The SMILES string of the molecule is Cc1nc2cc(F)c(Br)cn2c1C(=O)c1cc(F)ccc1OC(F)F. The van der Waals surface area contributed by atoms with Crippen molar-refractivity contribution in [2.75, 3.05) is 0 Å². The first kappa shape index (κ1) is 17.4. The second-order valence-electron chi connectivity index (χ2n) is 5.09. The predicted molar refractivity (Wildman–Crippen MR) is 84.1 cm³/mol. The number of pyridine rings is 1. The van der Waals surface area contributed by atoms with Gasteiger partial charge >= 0.3 is 6.61 Å². The van der Waals surface area contributed by atoms with Crippen LogP contribution in [-0.4, -0.2) is 21.8 Å². The van der Waals surface area contributed by atoms with Crippen LogP contribution < -0.4 is 4.74 Å². The summed E-state index contributed by atoms with van der Waals surface area (Å²) in [5, 5.41) is 0. The van der Waals surface area contributed by atoms with Crippen molar-refractivity contribution in [3.8, 4) is 5.75 Å². The number of hydrogen-bond donors (Lipinski definition) is 0. The van der Waals surface area contributed by atoms with Gasteiger partial charge in [-0.25, -0.2) is 13.8 Å². The zero-order valence-electron chi connectivity index (χ0n) is 12.6. The highest BCUT2D eigenvalue weighted by atomic mass is 79.9. The van der Waals surface area contributed by atoms with E-state index in [4.69, 9.17) is 0 Å². The lowest BCUT2D eigenvalue weighted by Gasteiger charge is -2.10. The van der Waals surface area contributed by atoms with Gasteiger partial charge < -0.3 is 4.74 Å². The number of aryl methyl sites for hydroxylation is 1. The van der Waals surface area contributed by atoms with Crippen molar-refractivity contribution in [1.29, 1.82) is 0 Å². The first-order valence-corrected chi connectivity index (χ1v) is 7.70. The second-order valence-corrected chi connectivity index (χ2v) is 5.95. The van der Waals surface area contributed by atoms with E-state index in [0.29, 0.717) is 0 Å². The molecule has 0 atom stereocenters. The smallest absolute Gasteiger partial charge is 0.387 e. The fraction of sp³-hybridized carbons (Fsp3) is 0.125. The molecule has 0 spiro atoms.